The van der Waals surface area contributed by atoms with Gasteiger partial charge in [0.1, 0.15) is 5.82 Å². The number of halogens is 1. The Kier molecular flexibility index (Phi) is 8.04. The minimum atomic E-state index is -0.250. The van der Waals surface area contributed by atoms with Crippen LogP contribution in [0.15, 0.2) is 59.5 Å². The molecule has 0 aliphatic heterocycles. The van der Waals surface area contributed by atoms with Crippen LogP contribution >= 0.6 is 11.8 Å². The number of amides is 1. The van der Waals surface area contributed by atoms with Crippen molar-refractivity contribution in [3.05, 3.63) is 66.1 Å². The number of nitrogens with zero attached hydrogens (tertiary/aromatic N) is 2. The third-order valence-corrected chi connectivity index (χ3v) is 5.65. The molecule has 0 radical (unpaired) electrons. The van der Waals surface area contributed by atoms with Crippen LogP contribution in [0.3, 0.4) is 0 Å². The van der Waals surface area contributed by atoms with Gasteiger partial charge in [-0.25, -0.2) is 4.39 Å². The second-order valence-corrected chi connectivity index (χ2v) is 8.04. The lowest BCUT2D eigenvalue weighted by molar-refractivity contribution is -0.116. The Labute approximate surface area is 181 Å². The number of aromatic amines is 1. The minimum absolute atomic E-state index is 0.0286. The van der Waals surface area contributed by atoms with Gasteiger partial charge in [0.2, 0.25) is 5.91 Å². The first-order chi connectivity index (χ1) is 14.5. The van der Waals surface area contributed by atoms with Crippen molar-refractivity contribution in [2.24, 2.45) is 0 Å². The predicted molar refractivity (Wildman–Crippen MR) is 121 cm³/mol. The van der Waals surface area contributed by atoms with E-state index < -0.39 is 0 Å². The molecule has 0 atom stereocenters. The van der Waals surface area contributed by atoms with Crippen LogP contribution in [0.25, 0.3) is 11.3 Å². The number of nitrogens with one attached hydrogen (secondary N) is 2. The Bertz CT molecular complexity index is 958. The summed E-state index contributed by atoms with van der Waals surface area (Å²) in [7, 11) is 2.03. The lowest BCUT2D eigenvalue weighted by Gasteiger charge is -2.16. The summed E-state index contributed by atoms with van der Waals surface area (Å²) in [6.45, 7) is 1.59. The van der Waals surface area contributed by atoms with Crippen LogP contribution in [-0.2, 0) is 11.2 Å². The molecule has 1 amide bonds. The molecule has 0 saturated carbocycles. The molecule has 3 aromatic rings. The van der Waals surface area contributed by atoms with Gasteiger partial charge < -0.3 is 10.2 Å². The van der Waals surface area contributed by atoms with Crippen LogP contribution in [0.5, 0.6) is 0 Å². The summed E-state index contributed by atoms with van der Waals surface area (Å²) < 4.78 is 13.0. The van der Waals surface area contributed by atoms with Gasteiger partial charge in [0, 0.05) is 29.1 Å². The van der Waals surface area contributed by atoms with Gasteiger partial charge in [-0.05, 0) is 75.2 Å². The van der Waals surface area contributed by atoms with E-state index in [4.69, 9.17) is 0 Å². The number of anilines is 1. The summed E-state index contributed by atoms with van der Waals surface area (Å²) in [6.07, 6.45) is 4.28. The fourth-order valence-electron chi connectivity index (χ4n) is 3.16. The van der Waals surface area contributed by atoms with Crippen LogP contribution < -0.4 is 5.32 Å². The van der Waals surface area contributed by atoms with Gasteiger partial charge in [-0.1, -0.05) is 12.1 Å². The van der Waals surface area contributed by atoms with Crippen LogP contribution in [0, 0.1) is 5.82 Å². The monoisotopic (exact) mass is 426 g/mol. The number of hydrogen-bond donors (Lipinski definition) is 2. The Balaban J connectivity index is 1.38. The number of rotatable bonds is 10. The van der Waals surface area contributed by atoms with Crippen LogP contribution in [0.1, 0.15) is 18.5 Å². The molecule has 3 rings (SSSR count). The van der Waals surface area contributed by atoms with Crippen LogP contribution in [0.2, 0.25) is 0 Å². The van der Waals surface area contributed by atoms with Crippen molar-refractivity contribution in [3.63, 3.8) is 0 Å². The first kappa shape index (κ1) is 22.1. The lowest BCUT2D eigenvalue weighted by atomic mass is 10.1. The van der Waals surface area contributed by atoms with Crippen LogP contribution in [-0.4, -0.2) is 47.4 Å². The number of thioether (sulfide) groups is 1. The summed E-state index contributed by atoms with van der Waals surface area (Å²) in [5.74, 6) is -0.222. The van der Waals surface area contributed by atoms with Crippen molar-refractivity contribution in [1.29, 1.82) is 0 Å². The van der Waals surface area contributed by atoms with Gasteiger partial charge in [0.15, 0.2) is 0 Å². The molecule has 2 N–H and O–H groups in total. The Hall–Kier alpha value is -2.64. The molecule has 2 aromatic carbocycles. The van der Waals surface area contributed by atoms with E-state index in [2.05, 4.69) is 20.4 Å². The maximum absolute atomic E-state index is 13.0. The van der Waals surface area contributed by atoms with Crippen molar-refractivity contribution in [2.75, 3.05) is 31.7 Å². The Morgan fingerprint density at radius 2 is 1.93 bits per heavy atom. The highest BCUT2D eigenvalue weighted by Gasteiger charge is 2.09. The number of carbonyl (C=O) groups excluding carboxylic acids is 1. The molecular formula is C23H27FN4OS. The van der Waals surface area contributed by atoms with Gasteiger partial charge in [-0.15, -0.1) is 11.8 Å². The molecule has 30 heavy (non-hydrogen) atoms. The maximum atomic E-state index is 13.0. The van der Waals surface area contributed by atoms with Gasteiger partial charge in [-0.2, -0.15) is 5.10 Å². The summed E-state index contributed by atoms with van der Waals surface area (Å²) in [5, 5.41) is 10.4. The summed E-state index contributed by atoms with van der Waals surface area (Å²) >= 11 is 1.62. The molecule has 1 heterocycles. The minimum Gasteiger partial charge on any atom is -0.325 e. The van der Waals surface area contributed by atoms with E-state index in [1.165, 1.54) is 12.1 Å². The van der Waals surface area contributed by atoms with E-state index in [0.717, 1.165) is 46.9 Å². The number of carbonyl (C=O) groups is 1. The average molecular weight is 427 g/mol. The summed E-state index contributed by atoms with van der Waals surface area (Å²) in [6, 6.07) is 16.2. The summed E-state index contributed by atoms with van der Waals surface area (Å²) in [5.41, 5.74) is 3.63. The second kappa shape index (κ2) is 10.9. The molecule has 0 spiro atoms. The standard InChI is InChI=1S/C23H27FN4OS/c1-28(15-13-23(29)25-20-7-3-4-8-22(20)30-2)14-5-6-19-16-21(27-26-19)17-9-11-18(24)12-10-17/h3-4,7-12,16H,5-6,13-15H2,1-2H3,(H,25,29)(H,26,27). The zero-order valence-corrected chi connectivity index (χ0v) is 18.1. The van der Waals surface area contributed by atoms with Crippen molar-refractivity contribution < 1.29 is 9.18 Å². The molecule has 7 heteroatoms. The number of hydrogen-bond acceptors (Lipinski definition) is 4. The normalized spacial score (nSPS) is 11.1. The van der Waals surface area contributed by atoms with Gasteiger partial charge in [0.05, 0.1) is 11.4 Å². The summed E-state index contributed by atoms with van der Waals surface area (Å²) in [4.78, 5) is 15.5. The first-order valence-corrected chi connectivity index (χ1v) is 11.2. The first-order valence-electron chi connectivity index (χ1n) is 9.97. The quantitative estimate of drug-likeness (QED) is 0.456. The van der Waals surface area contributed by atoms with E-state index in [9.17, 15) is 9.18 Å². The second-order valence-electron chi connectivity index (χ2n) is 7.19. The highest BCUT2D eigenvalue weighted by molar-refractivity contribution is 7.98. The zero-order chi connectivity index (χ0) is 21.3. The van der Waals surface area contributed by atoms with Crippen LogP contribution in [0.4, 0.5) is 10.1 Å². The largest absolute Gasteiger partial charge is 0.325 e. The number of para-hydroxylation sites is 1. The van der Waals surface area contributed by atoms with Crippen molar-refractivity contribution in [3.8, 4) is 11.3 Å². The average Bonchev–Trinajstić information content (AvgIpc) is 3.22. The molecule has 0 aliphatic rings. The highest BCUT2D eigenvalue weighted by Crippen LogP contribution is 2.24. The zero-order valence-electron chi connectivity index (χ0n) is 17.3. The van der Waals surface area contributed by atoms with Gasteiger partial charge in [-0.3, -0.25) is 9.89 Å². The van der Waals surface area contributed by atoms with Crippen molar-refractivity contribution in [2.45, 2.75) is 24.2 Å². The molecule has 0 fully saturated rings. The molecule has 1 aromatic heterocycles. The molecule has 5 nitrogen and oxygen atoms in total. The smallest absolute Gasteiger partial charge is 0.225 e. The van der Waals surface area contributed by atoms with E-state index >= 15 is 0 Å². The predicted octanol–water partition coefficient (Wildman–Crippen LogP) is 4.83. The molecule has 158 valence electrons. The van der Waals surface area contributed by atoms with Gasteiger partial charge in [0.25, 0.3) is 0 Å². The molecule has 0 bridgehead atoms. The Morgan fingerprint density at radius 3 is 2.70 bits per heavy atom. The van der Waals surface area contributed by atoms with Crippen molar-refractivity contribution >= 4 is 23.4 Å². The van der Waals surface area contributed by atoms with E-state index in [1.54, 1.807) is 23.9 Å². The SMILES string of the molecule is CSc1ccccc1NC(=O)CCN(C)CCCc1cc(-c2ccc(F)cc2)n[nH]1. The topological polar surface area (TPSA) is 61.0 Å². The fraction of sp³-hybridized carbons (Fsp3) is 0.304. The fourth-order valence-corrected chi connectivity index (χ4v) is 3.72. The third kappa shape index (κ3) is 6.43. The third-order valence-electron chi connectivity index (χ3n) is 4.86. The van der Waals surface area contributed by atoms with Crippen molar-refractivity contribution in [1.82, 2.24) is 15.1 Å². The lowest BCUT2D eigenvalue weighted by Crippen LogP contribution is -2.25. The highest BCUT2D eigenvalue weighted by atomic mass is 32.2. The Morgan fingerprint density at radius 1 is 1.17 bits per heavy atom. The number of aromatic nitrogens is 2. The van der Waals surface area contributed by atoms with Gasteiger partial charge >= 0.3 is 0 Å². The number of aryl methyl sites for hydroxylation is 1. The molecule has 0 aliphatic carbocycles. The number of benzene rings is 2. The molecular weight excluding hydrogens is 399 g/mol. The number of H-pyrrole nitrogens is 1. The van der Waals surface area contributed by atoms with E-state index in [1.807, 2.05) is 43.6 Å². The maximum Gasteiger partial charge on any atom is 0.225 e. The van der Waals surface area contributed by atoms with E-state index in [-0.39, 0.29) is 11.7 Å². The van der Waals surface area contributed by atoms with E-state index in [0.29, 0.717) is 13.0 Å². The molecule has 0 unspecified atom stereocenters. The molecule has 0 saturated heterocycles.